The predicted molar refractivity (Wildman–Crippen MR) is 65.6 cm³/mol. The first kappa shape index (κ1) is 10.9. The third-order valence-electron chi connectivity index (χ3n) is 2.69. The van der Waals surface area contributed by atoms with Gasteiger partial charge in [0, 0.05) is 18.0 Å². The summed E-state index contributed by atoms with van der Waals surface area (Å²) in [6.07, 6.45) is 5.64. The molecular formula is C14H12N2O2. The number of ketones is 1. The van der Waals surface area contributed by atoms with Crippen LogP contribution in [0.4, 0.5) is 0 Å². The molecule has 0 saturated heterocycles. The van der Waals surface area contributed by atoms with E-state index in [0.29, 0.717) is 11.7 Å². The number of nitrogens with zero attached hydrogens (tertiary/aromatic N) is 2. The Labute approximate surface area is 105 Å². The molecule has 4 nitrogen and oxygen atoms in total. The highest BCUT2D eigenvalue weighted by Crippen LogP contribution is 2.27. The minimum Gasteiger partial charge on any atom is -0.490 e. The Bertz CT molecular complexity index is 565. The molecule has 1 saturated carbocycles. The van der Waals surface area contributed by atoms with Crippen LogP contribution in [0.5, 0.6) is 5.75 Å². The molecule has 0 atom stereocenters. The second-order valence-corrected chi connectivity index (χ2v) is 4.25. The molecule has 1 heterocycles. The smallest absolute Gasteiger partial charge is 0.230 e. The van der Waals surface area contributed by atoms with E-state index in [-0.39, 0.29) is 11.6 Å². The lowest BCUT2D eigenvalue weighted by Crippen LogP contribution is -2.06. The van der Waals surface area contributed by atoms with Gasteiger partial charge < -0.3 is 4.74 Å². The zero-order chi connectivity index (χ0) is 12.4. The zero-order valence-corrected chi connectivity index (χ0v) is 9.74. The van der Waals surface area contributed by atoms with Gasteiger partial charge in [-0.05, 0) is 31.0 Å². The average Bonchev–Trinajstić information content (AvgIpc) is 3.23. The van der Waals surface area contributed by atoms with Crippen molar-refractivity contribution >= 4 is 5.78 Å². The number of carbonyl (C=O) groups is 1. The summed E-state index contributed by atoms with van der Waals surface area (Å²) in [7, 11) is 0. The Morgan fingerprint density at radius 2 is 1.94 bits per heavy atom. The molecule has 4 heteroatoms. The van der Waals surface area contributed by atoms with Crippen LogP contribution in [-0.2, 0) is 0 Å². The normalized spacial score (nSPS) is 14.2. The van der Waals surface area contributed by atoms with Crippen molar-refractivity contribution in [1.29, 1.82) is 0 Å². The van der Waals surface area contributed by atoms with Crippen molar-refractivity contribution in [3.8, 4) is 5.75 Å². The highest BCUT2D eigenvalue weighted by Gasteiger charge is 2.23. The molecule has 0 unspecified atom stereocenters. The van der Waals surface area contributed by atoms with Crippen LogP contribution in [-0.4, -0.2) is 21.9 Å². The van der Waals surface area contributed by atoms with Gasteiger partial charge in [0.2, 0.25) is 11.6 Å². The van der Waals surface area contributed by atoms with Crippen molar-refractivity contribution in [3.63, 3.8) is 0 Å². The number of benzene rings is 1. The van der Waals surface area contributed by atoms with Crippen LogP contribution in [0, 0.1) is 0 Å². The minimum atomic E-state index is -0.183. The van der Waals surface area contributed by atoms with Crippen LogP contribution in [0.25, 0.3) is 0 Å². The maximum Gasteiger partial charge on any atom is 0.230 e. The molecule has 1 fully saturated rings. The minimum absolute atomic E-state index is 0.183. The van der Waals surface area contributed by atoms with E-state index in [1.807, 2.05) is 12.1 Å². The Kier molecular flexibility index (Phi) is 2.76. The first-order valence-electron chi connectivity index (χ1n) is 5.91. The largest absolute Gasteiger partial charge is 0.490 e. The Hall–Kier alpha value is -2.23. The van der Waals surface area contributed by atoms with Crippen molar-refractivity contribution in [1.82, 2.24) is 9.97 Å². The van der Waals surface area contributed by atoms with Crippen LogP contribution in [0.1, 0.15) is 29.0 Å². The molecule has 0 aliphatic heterocycles. The van der Waals surface area contributed by atoms with Gasteiger partial charge in [-0.3, -0.25) is 4.79 Å². The van der Waals surface area contributed by atoms with Crippen molar-refractivity contribution in [3.05, 3.63) is 54.1 Å². The van der Waals surface area contributed by atoms with Crippen molar-refractivity contribution in [2.24, 2.45) is 0 Å². The molecule has 0 radical (unpaired) electrons. The quantitative estimate of drug-likeness (QED) is 0.769. The summed E-state index contributed by atoms with van der Waals surface area (Å²) in [4.78, 5) is 20.0. The lowest BCUT2D eigenvalue weighted by Gasteiger charge is -2.05. The second-order valence-electron chi connectivity index (χ2n) is 4.25. The number of aromatic nitrogens is 2. The zero-order valence-electron chi connectivity index (χ0n) is 9.74. The van der Waals surface area contributed by atoms with Gasteiger partial charge in [0.15, 0.2) is 0 Å². The van der Waals surface area contributed by atoms with E-state index in [0.717, 1.165) is 18.6 Å². The van der Waals surface area contributed by atoms with E-state index < -0.39 is 0 Å². The molecule has 0 N–H and O–H groups in total. The van der Waals surface area contributed by atoms with Crippen LogP contribution >= 0.6 is 0 Å². The SMILES string of the molecule is O=C(c1cccc(OC2CC2)c1)c1ncccn1. The predicted octanol–water partition coefficient (Wildman–Crippen LogP) is 2.25. The Morgan fingerprint density at radius 1 is 1.17 bits per heavy atom. The standard InChI is InChI=1S/C14H12N2O2/c17-13(14-15-7-2-8-16-14)10-3-1-4-12(9-10)18-11-5-6-11/h1-4,7-9,11H,5-6H2. The van der Waals surface area contributed by atoms with Crippen LogP contribution in [0.2, 0.25) is 0 Å². The molecule has 0 bridgehead atoms. The van der Waals surface area contributed by atoms with E-state index in [1.54, 1.807) is 30.6 Å². The van der Waals surface area contributed by atoms with Crippen molar-refractivity contribution in [2.75, 3.05) is 0 Å². The van der Waals surface area contributed by atoms with Crippen molar-refractivity contribution in [2.45, 2.75) is 18.9 Å². The van der Waals surface area contributed by atoms with Gasteiger partial charge in [-0.15, -0.1) is 0 Å². The first-order valence-corrected chi connectivity index (χ1v) is 5.91. The second kappa shape index (κ2) is 4.56. The van der Waals surface area contributed by atoms with Crippen LogP contribution in [0.15, 0.2) is 42.7 Å². The highest BCUT2D eigenvalue weighted by molar-refractivity contribution is 6.06. The van der Waals surface area contributed by atoms with Crippen LogP contribution < -0.4 is 4.74 Å². The van der Waals surface area contributed by atoms with E-state index >= 15 is 0 Å². The first-order chi connectivity index (χ1) is 8.83. The molecule has 1 aromatic carbocycles. The maximum absolute atomic E-state index is 12.1. The summed E-state index contributed by atoms with van der Waals surface area (Å²) in [5, 5.41) is 0. The molecule has 90 valence electrons. The summed E-state index contributed by atoms with van der Waals surface area (Å²) in [5.41, 5.74) is 0.555. The lowest BCUT2D eigenvalue weighted by molar-refractivity contribution is 0.102. The monoisotopic (exact) mass is 240 g/mol. The number of ether oxygens (including phenoxy) is 1. The number of hydrogen-bond donors (Lipinski definition) is 0. The van der Waals surface area contributed by atoms with Crippen molar-refractivity contribution < 1.29 is 9.53 Å². The third-order valence-corrected chi connectivity index (χ3v) is 2.69. The number of rotatable bonds is 4. The van der Waals surface area contributed by atoms with Gasteiger partial charge in [0.25, 0.3) is 0 Å². The van der Waals surface area contributed by atoms with Gasteiger partial charge >= 0.3 is 0 Å². The van der Waals surface area contributed by atoms with E-state index in [2.05, 4.69) is 9.97 Å². The third kappa shape index (κ3) is 2.37. The summed E-state index contributed by atoms with van der Waals surface area (Å²) >= 11 is 0. The summed E-state index contributed by atoms with van der Waals surface area (Å²) in [6.45, 7) is 0. The number of carbonyl (C=O) groups excluding carboxylic acids is 1. The van der Waals surface area contributed by atoms with Gasteiger partial charge in [0.1, 0.15) is 5.75 Å². The highest BCUT2D eigenvalue weighted by atomic mass is 16.5. The molecule has 1 aliphatic rings. The Morgan fingerprint density at radius 3 is 2.67 bits per heavy atom. The molecule has 2 aromatic rings. The summed E-state index contributed by atoms with van der Waals surface area (Å²) < 4.78 is 5.66. The molecule has 0 spiro atoms. The topological polar surface area (TPSA) is 52.1 Å². The summed E-state index contributed by atoms with van der Waals surface area (Å²) in [6, 6.07) is 8.85. The maximum atomic E-state index is 12.1. The molecule has 1 aliphatic carbocycles. The molecule has 0 amide bonds. The summed E-state index contributed by atoms with van der Waals surface area (Å²) in [5.74, 6) is 0.761. The van der Waals surface area contributed by atoms with E-state index in [9.17, 15) is 4.79 Å². The van der Waals surface area contributed by atoms with Crippen LogP contribution in [0.3, 0.4) is 0 Å². The Balaban J connectivity index is 1.84. The van der Waals surface area contributed by atoms with E-state index in [1.165, 1.54) is 0 Å². The van der Waals surface area contributed by atoms with E-state index in [4.69, 9.17) is 4.74 Å². The molecular weight excluding hydrogens is 228 g/mol. The lowest BCUT2D eigenvalue weighted by atomic mass is 10.1. The van der Waals surface area contributed by atoms with Gasteiger partial charge in [-0.2, -0.15) is 0 Å². The fourth-order valence-corrected chi connectivity index (χ4v) is 1.63. The van der Waals surface area contributed by atoms with Gasteiger partial charge in [0.05, 0.1) is 6.10 Å². The number of hydrogen-bond acceptors (Lipinski definition) is 4. The fraction of sp³-hybridized carbons (Fsp3) is 0.214. The molecule has 1 aromatic heterocycles. The molecule has 18 heavy (non-hydrogen) atoms. The average molecular weight is 240 g/mol. The molecule has 3 rings (SSSR count). The van der Waals surface area contributed by atoms with Gasteiger partial charge in [-0.1, -0.05) is 12.1 Å². The fourth-order valence-electron chi connectivity index (χ4n) is 1.63. The van der Waals surface area contributed by atoms with Gasteiger partial charge in [-0.25, -0.2) is 9.97 Å².